The number of nitrogens with zero attached hydrogens (tertiary/aromatic N) is 1. The van der Waals surface area contributed by atoms with Gasteiger partial charge < -0.3 is 9.84 Å². The molecule has 4 rings (SSSR count). The van der Waals surface area contributed by atoms with Gasteiger partial charge in [-0.05, 0) is 72.9 Å². The summed E-state index contributed by atoms with van der Waals surface area (Å²) in [5, 5.41) is 9.80. The monoisotopic (exact) mass is 525 g/mol. The van der Waals surface area contributed by atoms with Gasteiger partial charge in [-0.3, -0.25) is 0 Å². The standard InChI is InChI=1S/C25H17Cl2F4NO3/c26-15-6-9-22(35-12-13-4-5-14(10-20(13)28)25(29,30)31)18(11-15)16-2-1-3-17(16)21-8-7-19(27)23(32-21)24(33)34/h4-11H,1-3,12H2,(H,33,34). The van der Waals surface area contributed by atoms with Gasteiger partial charge in [0.1, 0.15) is 18.2 Å². The molecule has 35 heavy (non-hydrogen) atoms. The number of hydrogen-bond acceptors (Lipinski definition) is 3. The number of ether oxygens (including phenoxy) is 1. The molecule has 1 heterocycles. The maximum Gasteiger partial charge on any atom is 0.416 e. The number of alkyl halides is 3. The number of hydrogen-bond donors (Lipinski definition) is 1. The molecule has 1 N–H and O–H groups in total. The third kappa shape index (κ3) is 5.44. The van der Waals surface area contributed by atoms with E-state index in [4.69, 9.17) is 27.9 Å². The Hall–Kier alpha value is -3.10. The first kappa shape index (κ1) is 25.0. The lowest BCUT2D eigenvalue weighted by molar-refractivity contribution is -0.137. The third-order valence-electron chi connectivity index (χ3n) is 5.61. The van der Waals surface area contributed by atoms with E-state index in [1.54, 1.807) is 24.3 Å². The lowest BCUT2D eigenvalue weighted by atomic mass is 9.98. The second-order valence-corrected chi connectivity index (χ2v) is 8.72. The number of aromatic nitrogens is 1. The number of carboxylic acids is 1. The lowest BCUT2D eigenvalue weighted by Crippen LogP contribution is -2.07. The Kier molecular flexibility index (Phi) is 7.05. The molecule has 1 aliphatic carbocycles. The highest BCUT2D eigenvalue weighted by Crippen LogP contribution is 2.43. The molecule has 10 heteroatoms. The first-order chi connectivity index (χ1) is 16.5. The molecule has 0 bridgehead atoms. The van der Waals surface area contributed by atoms with Crippen LogP contribution in [-0.2, 0) is 12.8 Å². The van der Waals surface area contributed by atoms with Crippen LogP contribution in [0.2, 0.25) is 10.0 Å². The predicted octanol–water partition coefficient (Wildman–Crippen LogP) is 7.92. The summed E-state index contributed by atoms with van der Waals surface area (Å²) < 4.78 is 58.6. The first-order valence-electron chi connectivity index (χ1n) is 10.4. The van der Waals surface area contributed by atoms with Gasteiger partial charge in [0.2, 0.25) is 0 Å². The zero-order chi connectivity index (χ0) is 25.3. The highest BCUT2D eigenvalue weighted by molar-refractivity contribution is 6.33. The van der Waals surface area contributed by atoms with E-state index in [2.05, 4.69) is 4.98 Å². The lowest BCUT2D eigenvalue weighted by Gasteiger charge is -2.16. The number of allylic oxidation sites excluding steroid dienone is 2. The van der Waals surface area contributed by atoms with Crippen molar-refractivity contribution in [2.75, 3.05) is 0 Å². The molecule has 1 aliphatic rings. The molecule has 4 nitrogen and oxygen atoms in total. The summed E-state index contributed by atoms with van der Waals surface area (Å²) in [5.41, 5.74) is 1.33. The third-order valence-corrected chi connectivity index (χ3v) is 6.15. The molecule has 0 atom stereocenters. The van der Waals surface area contributed by atoms with Gasteiger partial charge in [-0.15, -0.1) is 0 Å². The van der Waals surface area contributed by atoms with Crippen molar-refractivity contribution >= 4 is 40.3 Å². The molecule has 0 unspecified atom stereocenters. The molecule has 0 saturated heterocycles. The maximum absolute atomic E-state index is 14.3. The van der Waals surface area contributed by atoms with Crippen molar-refractivity contribution < 1.29 is 32.2 Å². The van der Waals surface area contributed by atoms with Crippen LogP contribution in [0, 0.1) is 5.82 Å². The Labute approximate surface area is 207 Å². The molecular weight excluding hydrogens is 509 g/mol. The van der Waals surface area contributed by atoms with E-state index in [1.807, 2.05) is 0 Å². The number of carbonyl (C=O) groups is 1. The summed E-state index contributed by atoms with van der Waals surface area (Å²) in [6, 6.07) is 10.2. The minimum absolute atomic E-state index is 0.0201. The van der Waals surface area contributed by atoms with Gasteiger partial charge in [0.25, 0.3) is 0 Å². The number of halogens is 6. The molecule has 3 aromatic rings. The number of benzene rings is 2. The van der Waals surface area contributed by atoms with Crippen molar-refractivity contribution in [3.05, 3.63) is 92.5 Å². The summed E-state index contributed by atoms with van der Waals surface area (Å²) in [6.45, 7) is -0.302. The van der Waals surface area contributed by atoms with Crippen LogP contribution in [0.15, 0.2) is 48.5 Å². The first-order valence-corrected chi connectivity index (χ1v) is 11.2. The highest BCUT2D eigenvalue weighted by Gasteiger charge is 2.31. The maximum atomic E-state index is 14.3. The van der Waals surface area contributed by atoms with Gasteiger partial charge in [-0.25, -0.2) is 14.2 Å². The van der Waals surface area contributed by atoms with Crippen molar-refractivity contribution in [1.82, 2.24) is 4.98 Å². The van der Waals surface area contributed by atoms with Crippen LogP contribution in [0.5, 0.6) is 5.75 Å². The quantitative estimate of drug-likeness (QED) is 0.332. The zero-order valence-corrected chi connectivity index (χ0v) is 19.4. The van der Waals surface area contributed by atoms with Gasteiger partial charge in [0.15, 0.2) is 5.69 Å². The fourth-order valence-electron chi connectivity index (χ4n) is 3.94. The summed E-state index contributed by atoms with van der Waals surface area (Å²) >= 11 is 12.2. The van der Waals surface area contributed by atoms with E-state index in [-0.39, 0.29) is 22.9 Å². The Morgan fingerprint density at radius 2 is 1.77 bits per heavy atom. The fourth-order valence-corrected chi connectivity index (χ4v) is 4.30. The topological polar surface area (TPSA) is 59.4 Å². The SMILES string of the molecule is O=C(O)c1nc(C2=C(c3cc(Cl)ccc3OCc3ccc(C(F)(F)F)cc3F)CCC2)ccc1Cl. The molecule has 1 aromatic heterocycles. The summed E-state index contributed by atoms with van der Waals surface area (Å²) in [4.78, 5) is 15.7. The van der Waals surface area contributed by atoms with Gasteiger partial charge in [0.05, 0.1) is 16.3 Å². The Morgan fingerprint density at radius 1 is 1.03 bits per heavy atom. The van der Waals surface area contributed by atoms with E-state index >= 15 is 0 Å². The van der Waals surface area contributed by atoms with Crippen molar-refractivity contribution in [3.63, 3.8) is 0 Å². The van der Waals surface area contributed by atoms with Crippen LogP contribution in [0.25, 0.3) is 11.1 Å². The Morgan fingerprint density at radius 3 is 2.46 bits per heavy atom. The minimum atomic E-state index is -4.65. The van der Waals surface area contributed by atoms with Crippen molar-refractivity contribution in [2.45, 2.75) is 32.0 Å². The Balaban J connectivity index is 1.69. The fraction of sp³-hybridized carbons (Fsp3) is 0.200. The molecule has 0 amide bonds. The van der Waals surface area contributed by atoms with Crippen LogP contribution in [-0.4, -0.2) is 16.1 Å². The van der Waals surface area contributed by atoms with Crippen LogP contribution < -0.4 is 4.74 Å². The van der Waals surface area contributed by atoms with E-state index < -0.39 is 23.5 Å². The van der Waals surface area contributed by atoms with Gasteiger partial charge in [0, 0.05) is 16.1 Å². The van der Waals surface area contributed by atoms with Gasteiger partial charge in [-0.2, -0.15) is 13.2 Å². The molecule has 0 radical (unpaired) electrons. The van der Waals surface area contributed by atoms with E-state index in [9.17, 15) is 27.5 Å². The number of pyridine rings is 1. The summed E-state index contributed by atoms with van der Waals surface area (Å²) in [5.74, 6) is -1.92. The predicted molar refractivity (Wildman–Crippen MR) is 124 cm³/mol. The Bertz CT molecular complexity index is 1340. The summed E-state index contributed by atoms with van der Waals surface area (Å²) in [6.07, 6.45) is -2.61. The van der Waals surface area contributed by atoms with Crippen molar-refractivity contribution in [2.24, 2.45) is 0 Å². The molecule has 2 aromatic carbocycles. The van der Waals surface area contributed by atoms with Crippen LogP contribution in [0.1, 0.15) is 52.1 Å². The largest absolute Gasteiger partial charge is 0.488 e. The van der Waals surface area contributed by atoms with Crippen LogP contribution >= 0.6 is 23.2 Å². The molecule has 0 aliphatic heterocycles. The zero-order valence-electron chi connectivity index (χ0n) is 17.9. The van der Waals surface area contributed by atoms with Gasteiger partial charge in [-0.1, -0.05) is 29.3 Å². The number of rotatable bonds is 6. The van der Waals surface area contributed by atoms with E-state index in [1.165, 1.54) is 6.07 Å². The number of aromatic carboxylic acids is 1. The molecule has 182 valence electrons. The second kappa shape index (κ2) is 9.87. The number of carboxylic acid groups (broad SMARTS) is 1. The van der Waals surface area contributed by atoms with Crippen LogP contribution in [0.4, 0.5) is 17.6 Å². The summed E-state index contributed by atoms with van der Waals surface area (Å²) in [7, 11) is 0. The molecular formula is C25H17Cl2F4NO3. The van der Waals surface area contributed by atoms with Gasteiger partial charge >= 0.3 is 12.1 Å². The molecule has 0 saturated carbocycles. The van der Waals surface area contributed by atoms with E-state index in [0.29, 0.717) is 40.9 Å². The average Bonchev–Trinajstić information content (AvgIpc) is 3.28. The minimum Gasteiger partial charge on any atom is -0.488 e. The van der Waals surface area contributed by atoms with Crippen LogP contribution in [0.3, 0.4) is 0 Å². The average molecular weight is 526 g/mol. The smallest absolute Gasteiger partial charge is 0.416 e. The van der Waals surface area contributed by atoms with Crippen molar-refractivity contribution in [1.29, 1.82) is 0 Å². The normalized spacial score (nSPS) is 13.9. The highest BCUT2D eigenvalue weighted by atomic mass is 35.5. The second-order valence-electron chi connectivity index (χ2n) is 7.88. The molecule has 0 spiro atoms. The van der Waals surface area contributed by atoms with Crippen molar-refractivity contribution in [3.8, 4) is 5.75 Å². The molecule has 0 fully saturated rings. The van der Waals surface area contributed by atoms with E-state index in [0.717, 1.165) is 29.7 Å².